The van der Waals surface area contributed by atoms with Crippen molar-refractivity contribution < 1.29 is 14.3 Å². The van der Waals surface area contributed by atoms with Gasteiger partial charge in [0.2, 0.25) is 0 Å². The van der Waals surface area contributed by atoms with Crippen LogP contribution < -0.4 is 25.0 Å². The number of para-hydroxylation sites is 2. The number of amides is 2. The lowest BCUT2D eigenvalue weighted by Gasteiger charge is -2.28. The number of benzene rings is 2. The van der Waals surface area contributed by atoms with Crippen LogP contribution in [0.2, 0.25) is 0 Å². The van der Waals surface area contributed by atoms with Crippen LogP contribution in [0, 0.1) is 0 Å². The van der Waals surface area contributed by atoms with E-state index in [9.17, 15) is 4.79 Å². The lowest BCUT2D eigenvalue weighted by Crippen LogP contribution is -2.32. The number of hydrogen-bond donors (Lipinski definition) is 2. The molecule has 0 atom stereocenters. The minimum Gasteiger partial charge on any atom is -0.493 e. The van der Waals surface area contributed by atoms with Crippen molar-refractivity contribution in [3.63, 3.8) is 0 Å². The number of nitrogens with one attached hydrogen (secondary N) is 2. The second-order valence-corrected chi connectivity index (χ2v) is 6.47. The fourth-order valence-corrected chi connectivity index (χ4v) is 3.15. The quantitative estimate of drug-likeness (QED) is 0.727. The van der Waals surface area contributed by atoms with Crippen LogP contribution in [0.1, 0.15) is 19.3 Å². The molecule has 0 saturated carbocycles. The number of urea groups is 1. The zero-order valence-electron chi connectivity index (χ0n) is 15.7. The molecule has 0 unspecified atom stereocenters. The summed E-state index contributed by atoms with van der Waals surface area (Å²) in [4.78, 5) is 14.4. The summed E-state index contributed by atoms with van der Waals surface area (Å²) >= 11 is 0. The standard InChI is InChI=1S/C21H27N3O3/c1-26-19-7-3-4-8-20(19)27-16-13-22-21(25)23-17-9-11-18(12-10-17)24-14-5-2-6-15-24/h3-4,7-12H,2,5-6,13-16H2,1H3,(H2,22,23,25). The van der Waals surface area contributed by atoms with Gasteiger partial charge in [0.05, 0.1) is 13.7 Å². The highest BCUT2D eigenvalue weighted by atomic mass is 16.5. The van der Waals surface area contributed by atoms with Gasteiger partial charge in [-0.2, -0.15) is 0 Å². The highest BCUT2D eigenvalue weighted by Crippen LogP contribution is 2.25. The van der Waals surface area contributed by atoms with Gasteiger partial charge >= 0.3 is 6.03 Å². The Kier molecular flexibility index (Phi) is 6.79. The molecule has 1 aliphatic heterocycles. The summed E-state index contributed by atoms with van der Waals surface area (Å²) in [5.74, 6) is 1.34. The van der Waals surface area contributed by atoms with Crippen molar-refractivity contribution in [1.29, 1.82) is 0 Å². The van der Waals surface area contributed by atoms with E-state index in [1.165, 1.54) is 24.9 Å². The lowest BCUT2D eigenvalue weighted by molar-refractivity contribution is 0.246. The first kappa shape index (κ1) is 18.9. The molecule has 2 N–H and O–H groups in total. The van der Waals surface area contributed by atoms with E-state index in [2.05, 4.69) is 27.7 Å². The Morgan fingerprint density at radius 1 is 1.00 bits per heavy atom. The third kappa shape index (κ3) is 5.54. The van der Waals surface area contributed by atoms with Gasteiger partial charge in [0.1, 0.15) is 6.61 Å². The topological polar surface area (TPSA) is 62.8 Å². The van der Waals surface area contributed by atoms with Gasteiger partial charge in [-0.25, -0.2) is 4.79 Å². The lowest BCUT2D eigenvalue weighted by atomic mass is 10.1. The van der Waals surface area contributed by atoms with Gasteiger partial charge in [-0.05, 0) is 55.7 Å². The zero-order valence-corrected chi connectivity index (χ0v) is 15.7. The van der Waals surface area contributed by atoms with Crippen LogP contribution in [0.3, 0.4) is 0 Å². The number of nitrogens with zero attached hydrogens (tertiary/aromatic N) is 1. The maximum absolute atomic E-state index is 12.0. The molecule has 0 spiro atoms. The van der Waals surface area contributed by atoms with Crippen molar-refractivity contribution in [3.05, 3.63) is 48.5 Å². The highest BCUT2D eigenvalue weighted by Gasteiger charge is 2.11. The Hall–Kier alpha value is -2.89. The predicted octanol–water partition coefficient (Wildman–Crippen LogP) is 3.89. The van der Waals surface area contributed by atoms with E-state index in [4.69, 9.17) is 9.47 Å². The molecule has 1 saturated heterocycles. The van der Waals surface area contributed by atoms with E-state index in [0.717, 1.165) is 18.8 Å². The summed E-state index contributed by atoms with van der Waals surface area (Å²) in [6.07, 6.45) is 3.82. The molecule has 2 aromatic rings. The number of hydrogen-bond acceptors (Lipinski definition) is 4. The number of anilines is 2. The second kappa shape index (κ2) is 9.71. The van der Waals surface area contributed by atoms with Crippen molar-refractivity contribution in [2.75, 3.05) is 43.6 Å². The number of piperidine rings is 1. The molecule has 2 amide bonds. The summed E-state index contributed by atoms with van der Waals surface area (Å²) in [5.41, 5.74) is 1.99. The molecule has 0 bridgehead atoms. The van der Waals surface area contributed by atoms with Gasteiger partial charge < -0.3 is 25.0 Å². The van der Waals surface area contributed by atoms with Crippen molar-refractivity contribution >= 4 is 17.4 Å². The van der Waals surface area contributed by atoms with Gasteiger partial charge in [0.25, 0.3) is 0 Å². The Morgan fingerprint density at radius 3 is 2.41 bits per heavy atom. The molecule has 0 radical (unpaired) electrons. The molecule has 27 heavy (non-hydrogen) atoms. The van der Waals surface area contributed by atoms with Crippen LogP contribution in [0.5, 0.6) is 11.5 Å². The predicted molar refractivity (Wildman–Crippen MR) is 108 cm³/mol. The zero-order chi connectivity index (χ0) is 18.9. The van der Waals surface area contributed by atoms with E-state index < -0.39 is 0 Å². The Labute approximate surface area is 160 Å². The number of carbonyl (C=O) groups is 1. The molecule has 2 aromatic carbocycles. The Balaban J connectivity index is 1.40. The van der Waals surface area contributed by atoms with Crippen LogP contribution in [-0.4, -0.2) is 39.4 Å². The number of methoxy groups -OCH3 is 1. The normalized spacial score (nSPS) is 13.7. The van der Waals surface area contributed by atoms with Gasteiger partial charge in [0, 0.05) is 24.5 Å². The van der Waals surface area contributed by atoms with Gasteiger partial charge in [0.15, 0.2) is 11.5 Å². The van der Waals surface area contributed by atoms with Crippen molar-refractivity contribution in [3.8, 4) is 11.5 Å². The monoisotopic (exact) mass is 369 g/mol. The maximum Gasteiger partial charge on any atom is 0.319 e. The van der Waals surface area contributed by atoms with Crippen molar-refractivity contribution in [2.45, 2.75) is 19.3 Å². The van der Waals surface area contributed by atoms with Gasteiger partial charge in [-0.1, -0.05) is 12.1 Å². The van der Waals surface area contributed by atoms with E-state index >= 15 is 0 Å². The molecule has 1 aliphatic rings. The summed E-state index contributed by atoms with van der Waals surface area (Å²) in [5, 5.41) is 5.64. The minimum absolute atomic E-state index is 0.246. The average Bonchev–Trinajstić information content (AvgIpc) is 2.73. The molecule has 3 rings (SSSR count). The first-order valence-corrected chi connectivity index (χ1v) is 9.42. The fourth-order valence-electron chi connectivity index (χ4n) is 3.15. The molecule has 6 nitrogen and oxygen atoms in total. The SMILES string of the molecule is COc1ccccc1OCCNC(=O)Nc1ccc(N2CCCCC2)cc1. The first-order chi connectivity index (χ1) is 13.3. The van der Waals surface area contributed by atoms with Crippen LogP contribution in [0.15, 0.2) is 48.5 Å². The summed E-state index contributed by atoms with van der Waals surface area (Å²) in [6, 6.07) is 15.2. The number of ether oxygens (including phenoxy) is 2. The summed E-state index contributed by atoms with van der Waals surface area (Å²) < 4.78 is 10.9. The van der Waals surface area contributed by atoms with Crippen LogP contribution in [-0.2, 0) is 0 Å². The van der Waals surface area contributed by atoms with Crippen LogP contribution >= 0.6 is 0 Å². The molecule has 1 fully saturated rings. The third-order valence-corrected chi connectivity index (χ3v) is 4.56. The van der Waals surface area contributed by atoms with Gasteiger partial charge in [-0.3, -0.25) is 0 Å². The second-order valence-electron chi connectivity index (χ2n) is 6.47. The Bertz CT molecular complexity index is 728. The Morgan fingerprint density at radius 2 is 1.70 bits per heavy atom. The molecular weight excluding hydrogens is 342 g/mol. The van der Waals surface area contributed by atoms with E-state index in [-0.39, 0.29) is 6.03 Å². The molecule has 1 heterocycles. The van der Waals surface area contributed by atoms with E-state index in [1.807, 2.05) is 36.4 Å². The highest BCUT2D eigenvalue weighted by molar-refractivity contribution is 5.89. The van der Waals surface area contributed by atoms with E-state index in [1.54, 1.807) is 7.11 Å². The average molecular weight is 369 g/mol. The van der Waals surface area contributed by atoms with E-state index in [0.29, 0.717) is 24.7 Å². The number of carbonyl (C=O) groups excluding carboxylic acids is 1. The van der Waals surface area contributed by atoms with Crippen molar-refractivity contribution in [1.82, 2.24) is 5.32 Å². The third-order valence-electron chi connectivity index (χ3n) is 4.56. The van der Waals surface area contributed by atoms with Gasteiger partial charge in [-0.15, -0.1) is 0 Å². The maximum atomic E-state index is 12.0. The summed E-state index contributed by atoms with van der Waals surface area (Å²) in [6.45, 7) is 2.98. The molecule has 0 aliphatic carbocycles. The first-order valence-electron chi connectivity index (χ1n) is 9.42. The van der Waals surface area contributed by atoms with Crippen LogP contribution in [0.4, 0.5) is 16.2 Å². The molecule has 144 valence electrons. The fraction of sp³-hybridized carbons (Fsp3) is 0.381. The molecular formula is C21H27N3O3. The van der Waals surface area contributed by atoms with Crippen LogP contribution in [0.25, 0.3) is 0 Å². The number of rotatable bonds is 7. The largest absolute Gasteiger partial charge is 0.493 e. The van der Waals surface area contributed by atoms with Crippen molar-refractivity contribution in [2.24, 2.45) is 0 Å². The minimum atomic E-state index is -0.246. The molecule has 0 aromatic heterocycles. The summed E-state index contributed by atoms with van der Waals surface area (Å²) in [7, 11) is 1.60. The smallest absolute Gasteiger partial charge is 0.319 e. The molecule has 6 heteroatoms.